The van der Waals surface area contributed by atoms with Gasteiger partial charge in [0.15, 0.2) is 5.82 Å². The van der Waals surface area contributed by atoms with Crippen LogP contribution in [0.3, 0.4) is 0 Å². The van der Waals surface area contributed by atoms with E-state index in [1.807, 2.05) is 11.8 Å². The topological polar surface area (TPSA) is 79.5 Å². The van der Waals surface area contributed by atoms with E-state index in [1.54, 1.807) is 11.9 Å². The Hall–Kier alpha value is -1.92. The van der Waals surface area contributed by atoms with Crippen LogP contribution in [0.5, 0.6) is 0 Å². The number of nitrogens with zero attached hydrogens (tertiary/aromatic N) is 4. The molecule has 0 spiro atoms. The average Bonchev–Trinajstić information content (AvgIpc) is 3.21. The molecule has 0 bridgehead atoms. The van der Waals surface area contributed by atoms with E-state index in [-0.39, 0.29) is 24.3 Å². The highest BCUT2D eigenvalue weighted by atomic mass is 16.5. The maximum absolute atomic E-state index is 12.7. The molecule has 2 amide bonds. The first-order chi connectivity index (χ1) is 12.0. The van der Waals surface area contributed by atoms with E-state index < -0.39 is 0 Å². The van der Waals surface area contributed by atoms with Gasteiger partial charge in [-0.3, -0.25) is 9.59 Å². The van der Waals surface area contributed by atoms with Crippen LogP contribution >= 0.6 is 0 Å². The first-order valence-corrected chi connectivity index (χ1v) is 9.33. The van der Waals surface area contributed by atoms with Crippen molar-refractivity contribution in [3.8, 4) is 0 Å². The highest BCUT2D eigenvalue weighted by molar-refractivity contribution is 5.89. The monoisotopic (exact) mass is 348 g/mol. The van der Waals surface area contributed by atoms with Crippen LogP contribution in [0.1, 0.15) is 57.7 Å². The second-order valence-corrected chi connectivity index (χ2v) is 7.51. The van der Waals surface area contributed by atoms with Crippen LogP contribution in [0.4, 0.5) is 0 Å². The molecule has 1 aromatic rings. The van der Waals surface area contributed by atoms with E-state index in [0.29, 0.717) is 37.1 Å². The predicted octanol–water partition coefficient (Wildman–Crippen LogP) is 2.02. The van der Waals surface area contributed by atoms with E-state index in [2.05, 4.69) is 17.1 Å². The molecule has 25 heavy (non-hydrogen) atoms. The van der Waals surface area contributed by atoms with Crippen molar-refractivity contribution in [2.45, 2.75) is 65.0 Å². The summed E-state index contributed by atoms with van der Waals surface area (Å²) in [5, 5.41) is 3.85. The summed E-state index contributed by atoms with van der Waals surface area (Å²) in [5.41, 5.74) is 0. The van der Waals surface area contributed by atoms with Gasteiger partial charge in [0, 0.05) is 32.5 Å². The summed E-state index contributed by atoms with van der Waals surface area (Å²) in [7, 11) is 1.73. The fraction of sp³-hybridized carbons (Fsp3) is 0.778. The van der Waals surface area contributed by atoms with Crippen molar-refractivity contribution in [2.24, 2.45) is 11.8 Å². The summed E-state index contributed by atoms with van der Waals surface area (Å²) in [6.45, 7) is 5.06. The second-order valence-electron chi connectivity index (χ2n) is 7.51. The van der Waals surface area contributed by atoms with E-state index in [1.165, 1.54) is 12.8 Å². The fourth-order valence-electron chi connectivity index (χ4n) is 3.89. The van der Waals surface area contributed by atoms with E-state index in [4.69, 9.17) is 4.52 Å². The molecule has 1 atom stereocenters. The van der Waals surface area contributed by atoms with Crippen molar-refractivity contribution in [1.82, 2.24) is 19.9 Å². The Labute approximate surface area is 148 Å². The van der Waals surface area contributed by atoms with Crippen molar-refractivity contribution < 1.29 is 14.1 Å². The number of amides is 2. The molecule has 1 aliphatic heterocycles. The van der Waals surface area contributed by atoms with Gasteiger partial charge in [-0.25, -0.2) is 0 Å². The van der Waals surface area contributed by atoms with Gasteiger partial charge in [0.05, 0.1) is 12.5 Å². The molecule has 0 aromatic carbocycles. The Morgan fingerprint density at radius 3 is 2.68 bits per heavy atom. The zero-order valence-corrected chi connectivity index (χ0v) is 15.4. The highest BCUT2D eigenvalue weighted by Gasteiger charge is 2.39. The average molecular weight is 348 g/mol. The number of aryl methyl sites for hydroxylation is 1. The summed E-state index contributed by atoms with van der Waals surface area (Å²) in [5.74, 6) is 1.68. The zero-order chi connectivity index (χ0) is 18.0. The quantitative estimate of drug-likeness (QED) is 0.813. The largest absolute Gasteiger partial charge is 0.339 e. The summed E-state index contributed by atoms with van der Waals surface area (Å²) in [4.78, 5) is 32.9. The van der Waals surface area contributed by atoms with Crippen LogP contribution in [-0.4, -0.2) is 51.4 Å². The van der Waals surface area contributed by atoms with E-state index in [9.17, 15) is 9.59 Å². The molecule has 7 heteroatoms. The van der Waals surface area contributed by atoms with Crippen LogP contribution in [0.2, 0.25) is 0 Å². The summed E-state index contributed by atoms with van der Waals surface area (Å²) in [6.07, 6.45) is 5.48. The zero-order valence-electron chi connectivity index (χ0n) is 15.4. The van der Waals surface area contributed by atoms with Crippen LogP contribution in [0.15, 0.2) is 4.52 Å². The molecule has 7 nitrogen and oxygen atoms in total. The molecule has 1 saturated carbocycles. The highest BCUT2D eigenvalue weighted by Crippen LogP contribution is 2.31. The minimum Gasteiger partial charge on any atom is -0.339 e. The lowest BCUT2D eigenvalue weighted by Crippen LogP contribution is -2.40. The van der Waals surface area contributed by atoms with Gasteiger partial charge in [-0.05, 0) is 31.6 Å². The Kier molecular flexibility index (Phi) is 5.39. The van der Waals surface area contributed by atoms with Crippen molar-refractivity contribution in [1.29, 1.82) is 0 Å². The minimum absolute atomic E-state index is 0.0173. The van der Waals surface area contributed by atoms with Crippen LogP contribution < -0.4 is 0 Å². The third-order valence-corrected chi connectivity index (χ3v) is 5.51. The smallest absolute Gasteiger partial charge is 0.246 e. The maximum Gasteiger partial charge on any atom is 0.246 e. The van der Waals surface area contributed by atoms with Crippen molar-refractivity contribution >= 4 is 11.8 Å². The lowest BCUT2D eigenvalue weighted by Gasteiger charge is -2.33. The van der Waals surface area contributed by atoms with Gasteiger partial charge in [0.1, 0.15) is 0 Å². The number of carbonyl (C=O) groups is 2. The summed E-state index contributed by atoms with van der Waals surface area (Å²) in [6, 6.07) is 0.315. The first kappa shape index (κ1) is 17.9. The van der Waals surface area contributed by atoms with Crippen molar-refractivity contribution in [3.05, 3.63) is 11.7 Å². The predicted molar refractivity (Wildman–Crippen MR) is 91.4 cm³/mol. The van der Waals surface area contributed by atoms with Crippen LogP contribution in [0, 0.1) is 11.8 Å². The maximum atomic E-state index is 12.7. The molecule has 1 aliphatic carbocycles. The number of rotatable bonds is 5. The van der Waals surface area contributed by atoms with Gasteiger partial charge >= 0.3 is 0 Å². The van der Waals surface area contributed by atoms with Crippen LogP contribution in [0.25, 0.3) is 0 Å². The number of hydrogen-bond donors (Lipinski definition) is 0. The molecular formula is C18H28N4O3. The lowest BCUT2D eigenvalue weighted by atomic mass is 9.87. The molecule has 3 rings (SSSR count). The third-order valence-electron chi connectivity index (χ3n) is 5.51. The van der Waals surface area contributed by atoms with Gasteiger partial charge in [-0.1, -0.05) is 19.0 Å². The standard InChI is InChI=1S/C18H28N4O3/c1-4-15-19-16(25-20-15)11-21(3)18(24)13-9-17(23)22(10-13)14-7-5-12(2)6-8-14/h12-14H,4-11H2,1-3H3/t12?,13-,14?/m0/s1. The molecule has 1 aromatic heterocycles. The Balaban J connectivity index is 1.56. The molecule has 2 aliphatic rings. The Morgan fingerprint density at radius 2 is 2.04 bits per heavy atom. The molecule has 2 heterocycles. The number of aromatic nitrogens is 2. The van der Waals surface area contributed by atoms with Crippen molar-refractivity contribution in [3.63, 3.8) is 0 Å². The van der Waals surface area contributed by atoms with Crippen LogP contribution in [-0.2, 0) is 22.6 Å². The van der Waals surface area contributed by atoms with Gasteiger partial charge < -0.3 is 14.3 Å². The van der Waals surface area contributed by atoms with Gasteiger partial charge in [0.25, 0.3) is 0 Å². The number of hydrogen-bond acceptors (Lipinski definition) is 5. The number of carbonyl (C=O) groups excluding carboxylic acids is 2. The summed E-state index contributed by atoms with van der Waals surface area (Å²) < 4.78 is 5.15. The third kappa shape index (κ3) is 4.02. The summed E-state index contributed by atoms with van der Waals surface area (Å²) >= 11 is 0. The SMILES string of the molecule is CCc1noc(CN(C)C(=O)[C@H]2CC(=O)N(C3CCC(C)CC3)C2)n1. The normalized spacial score (nSPS) is 26.9. The molecule has 0 radical (unpaired) electrons. The van der Waals surface area contributed by atoms with Gasteiger partial charge in [-0.2, -0.15) is 4.98 Å². The molecular weight excluding hydrogens is 320 g/mol. The minimum atomic E-state index is -0.259. The van der Waals surface area contributed by atoms with E-state index in [0.717, 1.165) is 18.8 Å². The van der Waals surface area contributed by atoms with Gasteiger partial charge in [-0.15, -0.1) is 0 Å². The second kappa shape index (κ2) is 7.54. The molecule has 2 fully saturated rings. The lowest BCUT2D eigenvalue weighted by molar-refractivity contribution is -0.135. The molecule has 1 saturated heterocycles. The molecule has 0 N–H and O–H groups in total. The number of likely N-dealkylation sites (tertiary alicyclic amines) is 1. The fourth-order valence-corrected chi connectivity index (χ4v) is 3.89. The molecule has 138 valence electrons. The van der Waals surface area contributed by atoms with Gasteiger partial charge in [0.2, 0.25) is 17.7 Å². The first-order valence-electron chi connectivity index (χ1n) is 9.33. The van der Waals surface area contributed by atoms with Crippen molar-refractivity contribution in [2.75, 3.05) is 13.6 Å². The molecule has 0 unspecified atom stereocenters. The Morgan fingerprint density at radius 1 is 1.32 bits per heavy atom. The Bertz CT molecular complexity index is 622. The van der Waals surface area contributed by atoms with E-state index >= 15 is 0 Å².